The second-order valence-electron chi connectivity index (χ2n) is 6.48. The molecule has 7 heteroatoms. The molecular formula is C20H18ClFN2O2S. The standard InChI is InChI=1S/C20H18ClFN2O2S/c1-24-17-10-14(21)15(22)7-11(17)8-18(24)20(25)23-16-5-6-26-19-9-12(27-2)3-4-13(16)19/h3-4,7-10,16H,5-6H2,1-2H3,(H,23,25). The molecule has 1 atom stereocenters. The van der Waals surface area contributed by atoms with E-state index in [1.165, 1.54) is 12.1 Å². The first-order valence-corrected chi connectivity index (χ1v) is 10.1. The zero-order valence-electron chi connectivity index (χ0n) is 14.9. The van der Waals surface area contributed by atoms with Crippen molar-refractivity contribution in [1.82, 2.24) is 9.88 Å². The first-order valence-electron chi connectivity index (χ1n) is 8.54. The number of benzene rings is 2. The normalized spacial score (nSPS) is 16.1. The Kier molecular flexibility index (Phi) is 4.78. The maximum absolute atomic E-state index is 13.7. The highest BCUT2D eigenvalue weighted by Gasteiger charge is 2.25. The van der Waals surface area contributed by atoms with Gasteiger partial charge < -0.3 is 14.6 Å². The first-order chi connectivity index (χ1) is 13.0. The van der Waals surface area contributed by atoms with Crippen LogP contribution >= 0.6 is 23.4 Å². The summed E-state index contributed by atoms with van der Waals surface area (Å²) in [5.74, 6) is 0.103. The van der Waals surface area contributed by atoms with Crippen LogP contribution in [0.1, 0.15) is 28.5 Å². The summed E-state index contributed by atoms with van der Waals surface area (Å²) in [7, 11) is 1.77. The Morgan fingerprint density at radius 1 is 1.33 bits per heavy atom. The molecule has 4 nitrogen and oxygen atoms in total. The molecule has 0 saturated carbocycles. The summed E-state index contributed by atoms with van der Waals surface area (Å²) in [6.07, 6.45) is 2.71. The molecule has 140 valence electrons. The number of aryl methyl sites for hydroxylation is 1. The van der Waals surface area contributed by atoms with Gasteiger partial charge in [-0.1, -0.05) is 17.7 Å². The molecule has 0 bridgehead atoms. The van der Waals surface area contributed by atoms with Crippen LogP contribution in [0.25, 0.3) is 10.9 Å². The van der Waals surface area contributed by atoms with Crippen molar-refractivity contribution in [1.29, 1.82) is 0 Å². The van der Waals surface area contributed by atoms with Gasteiger partial charge in [-0.05, 0) is 36.6 Å². The molecule has 4 rings (SSSR count). The second-order valence-corrected chi connectivity index (χ2v) is 7.77. The van der Waals surface area contributed by atoms with E-state index in [0.29, 0.717) is 29.6 Å². The van der Waals surface area contributed by atoms with E-state index in [2.05, 4.69) is 5.32 Å². The van der Waals surface area contributed by atoms with Crippen molar-refractivity contribution in [2.75, 3.05) is 12.9 Å². The van der Waals surface area contributed by atoms with Gasteiger partial charge >= 0.3 is 0 Å². The molecule has 1 aromatic heterocycles. The van der Waals surface area contributed by atoms with E-state index in [1.807, 2.05) is 24.5 Å². The summed E-state index contributed by atoms with van der Waals surface area (Å²) in [6.45, 7) is 0.547. The van der Waals surface area contributed by atoms with E-state index >= 15 is 0 Å². The minimum absolute atomic E-state index is 0.0404. The van der Waals surface area contributed by atoms with Gasteiger partial charge in [-0.2, -0.15) is 0 Å². The van der Waals surface area contributed by atoms with Crippen molar-refractivity contribution in [3.63, 3.8) is 0 Å². The minimum Gasteiger partial charge on any atom is -0.493 e. The van der Waals surface area contributed by atoms with Crippen molar-refractivity contribution in [2.45, 2.75) is 17.4 Å². The zero-order chi connectivity index (χ0) is 19.1. The summed E-state index contributed by atoms with van der Waals surface area (Å²) in [5, 5.41) is 3.77. The Morgan fingerprint density at radius 3 is 2.93 bits per heavy atom. The molecule has 0 radical (unpaired) electrons. The quantitative estimate of drug-likeness (QED) is 0.628. The average Bonchev–Trinajstić information content (AvgIpc) is 2.98. The number of hydrogen-bond donors (Lipinski definition) is 1. The number of thioether (sulfide) groups is 1. The number of hydrogen-bond acceptors (Lipinski definition) is 3. The van der Waals surface area contributed by atoms with Crippen LogP contribution in [0, 0.1) is 5.82 Å². The van der Waals surface area contributed by atoms with Gasteiger partial charge in [0, 0.05) is 29.3 Å². The number of nitrogens with zero attached hydrogens (tertiary/aromatic N) is 1. The zero-order valence-corrected chi connectivity index (χ0v) is 16.5. The first kappa shape index (κ1) is 18.2. The van der Waals surface area contributed by atoms with E-state index in [-0.39, 0.29) is 17.0 Å². The minimum atomic E-state index is -0.496. The molecule has 0 aliphatic carbocycles. The van der Waals surface area contributed by atoms with Crippen LogP contribution in [0.2, 0.25) is 5.02 Å². The predicted octanol–water partition coefficient (Wildman–Crippen LogP) is 4.95. The van der Waals surface area contributed by atoms with Gasteiger partial charge in [-0.3, -0.25) is 4.79 Å². The molecule has 1 amide bonds. The molecule has 1 N–H and O–H groups in total. The fourth-order valence-electron chi connectivity index (χ4n) is 3.43. The van der Waals surface area contributed by atoms with E-state index in [0.717, 1.165) is 16.2 Å². The number of amides is 1. The highest BCUT2D eigenvalue weighted by atomic mass is 35.5. The van der Waals surface area contributed by atoms with Gasteiger partial charge in [0.2, 0.25) is 0 Å². The van der Waals surface area contributed by atoms with Gasteiger partial charge in [0.25, 0.3) is 5.91 Å². The molecule has 1 unspecified atom stereocenters. The molecule has 0 fully saturated rings. The maximum Gasteiger partial charge on any atom is 0.268 e. The number of rotatable bonds is 3. The number of fused-ring (bicyclic) bond motifs is 2. The van der Waals surface area contributed by atoms with Gasteiger partial charge in [0.05, 0.1) is 23.2 Å². The Morgan fingerprint density at radius 2 is 2.15 bits per heavy atom. The number of aromatic nitrogens is 1. The van der Waals surface area contributed by atoms with Crippen LogP contribution in [0.5, 0.6) is 5.75 Å². The third-order valence-corrected chi connectivity index (χ3v) is 5.90. The third-order valence-electron chi connectivity index (χ3n) is 4.88. The van der Waals surface area contributed by atoms with E-state index in [9.17, 15) is 9.18 Å². The van der Waals surface area contributed by atoms with Crippen LogP contribution in [0.3, 0.4) is 0 Å². The largest absolute Gasteiger partial charge is 0.493 e. The lowest BCUT2D eigenvalue weighted by Gasteiger charge is -2.27. The van der Waals surface area contributed by atoms with Crippen LogP contribution in [0.4, 0.5) is 4.39 Å². The van der Waals surface area contributed by atoms with Crippen LogP contribution in [-0.4, -0.2) is 23.3 Å². The van der Waals surface area contributed by atoms with Crippen molar-refractivity contribution in [3.05, 3.63) is 58.5 Å². The van der Waals surface area contributed by atoms with Gasteiger partial charge in [0.1, 0.15) is 17.3 Å². The molecule has 27 heavy (non-hydrogen) atoms. The number of carbonyl (C=O) groups is 1. The summed E-state index contributed by atoms with van der Waals surface area (Å²) >= 11 is 7.53. The number of nitrogens with one attached hydrogen (secondary N) is 1. The van der Waals surface area contributed by atoms with Crippen LogP contribution < -0.4 is 10.1 Å². The smallest absolute Gasteiger partial charge is 0.268 e. The van der Waals surface area contributed by atoms with E-state index < -0.39 is 5.82 Å². The molecule has 2 heterocycles. The lowest BCUT2D eigenvalue weighted by Crippen LogP contribution is -2.33. The van der Waals surface area contributed by atoms with Gasteiger partial charge in [-0.15, -0.1) is 11.8 Å². The molecule has 2 aromatic carbocycles. The Hall–Kier alpha value is -2.18. The van der Waals surface area contributed by atoms with Crippen LogP contribution in [0.15, 0.2) is 41.3 Å². The molecule has 0 saturated heterocycles. The number of ether oxygens (including phenoxy) is 1. The Labute approximate surface area is 165 Å². The van der Waals surface area contributed by atoms with E-state index in [1.54, 1.807) is 29.4 Å². The van der Waals surface area contributed by atoms with Crippen molar-refractivity contribution in [2.24, 2.45) is 7.05 Å². The summed E-state index contributed by atoms with van der Waals surface area (Å²) in [4.78, 5) is 14.0. The molecule has 0 spiro atoms. The Balaban J connectivity index is 1.64. The average molecular weight is 405 g/mol. The third kappa shape index (κ3) is 3.28. The van der Waals surface area contributed by atoms with Gasteiger partial charge in [0.15, 0.2) is 0 Å². The lowest BCUT2D eigenvalue weighted by molar-refractivity contribution is 0.0917. The van der Waals surface area contributed by atoms with E-state index in [4.69, 9.17) is 16.3 Å². The highest BCUT2D eigenvalue weighted by Crippen LogP contribution is 2.35. The second kappa shape index (κ2) is 7.09. The summed E-state index contributed by atoms with van der Waals surface area (Å²) < 4.78 is 21.2. The lowest BCUT2D eigenvalue weighted by atomic mass is 10.0. The fourth-order valence-corrected chi connectivity index (χ4v) is 4.02. The molecular weight excluding hydrogens is 387 g/mol. The Bertz CT molecular complexity index is 1050. The summed E-state index contributed by atoms with van der Waals surface area (Å²) in [6, 6.07) is 10.5. The molecule has 1 aliphatic heterocycles. The molecule has 1 aliphatic rings. The van der Waals surface area contributed by atoms with Crippen molar-refractivity contribution in [3.8, 4) is 5.75 Å². The van der Waals surface area contributed by atoms with Crippen molar-refractivity contribution >= 4 is 40.2 Å². The van der Waals surface area contributed by atoms with Crippen molar-refractivity contribution < 1.29 is 13.9 Å². The topological polar surface area (TPSA) is 43.3 Å². The van der Waals surface area contributed by atoms with Gasteiger partial charge in [-0.25, -0.2) is 4.39 Å². The highest BCUT2D eigenvalue weighted by molar-refractivity contribution is 7.98. The number of carbonyl (C=O) groups excluding carboxylic acids is 1. The predicted molar refractivity (Wildman–Crippen MR) is 106 cm³/mol. The van der Waals surface area contributed by atoms with Crippen LogP contribution in [-0.2, 0) is 7.05 Å². The SMILES string of the molecule is CSc1ccc2c(c1)OCCC2NC(=O)c1cc2cc(F)c(Cl)cc2n1C. The molecule has 3 aromatic rings. The fraction of sp³-hybridized carbons (Fsp3) is 0.250. The summed E-state index contributed by atoms with van der Waals surface area (Å²) in [5.41, 5.74) is 2.14. The monoisotopic (exact) mass is 404 g/mol. The number of halogens is 2. The maximum atomic E-state index is 13.7.